The highest BCUT2D eigenvalue weighted by Gasteiger charge is 2.59. The van der Waals surface area contributed by atoms with Gasteiger partial charge in [-0.1, -0.05) is 139 Å². The van der Waals surface area contributed by atoms with Crippen LogP contribution in [0.1, 0.15) is 150 Å². The van der Waals surface area contributed by atoms with E-state index in [0.29, 0.717) is 0 Å². The molecule has 330 valence electrons. The van der Waals surface area contributed by atoms with Crippen molar-refractivity contribution in [2.45, 2.75) is 149 Å². The number of nitriles is 1. The molecule has 0 spiro atoms. The van der Waals surface area contributed by atoms with Crippen molar-refractivity contribution in [1.82, 2.24) is 0 Å². The van der Waals surface area contributed by atoms with Crippen LogP contribution in [0.4, 0.5) is 45.5 Å². The van der Waals surface area contributed by atoms with Gasteiger partial charge in [0.1, 0.15) is 0 Å². The van der Waals surface area contributed by atoms with E-state index in [1.807, 2.05) is 6.07 Å². The molecule has 6 aromatic rings. The van der Waals surface area contributed by atoms with E-state index < -0.39 is 0 Å². The largest absolute Gasteiger partial charge is 0.334 e. The summed E-state index contributed by atoms with van der Waals surface area (Å²) in [7, 11) is 0. The lowest BCUT2D eigenvalue weighted by Gasteiger charge is -2.46. The predicted molar refractivity (Wildman–Crippen MR) is 278 cm³/mol. The third-order valence-corrected chi connectivity index (χ3v) is 16.0. The minimum absolute atomic E-state index is 0.00180. The van der Waals surface area contributed by atoms with Crippen LogP contribution < -0.4 is 31.1 Å². The number of benzene rings is 6. The van der Waals surface area contributed by atoms with Gasteiger partial charge < -0.3 is 14.7 Å². The van der Waals surface area contributed by atoms with Gasteiger partial charge in [-0.2, -0.15) is 5.26 Å². The lowest BCUT2D eigenvalue weighted by Crippen LogP contribution is -2.61. The van der Waals surface area contributed by atoms with Crippen LogP contribution >= 0.6 is 0 Å². The summed E-state index contributed by atoms with van der Waals surface area (Å²) in [5, 5.41) is 10.1. The fraction of sp³-hybridized carbons (Fsp3) is 0.383. The Hall–Kier alpha value is -5.73. The molecule has 0 saturated heterocycles. The third kappa shape index (κ3) is 6.52. The SMILES string of the molecule is CC(C)(C)c1ccc(N2c3ccc(C(C)(C)C)cc3B3c4ccc(N5c6ccc(C#N)cc6C6(C)CCCC56C)cc4N(c4ccc(C(C)(C)C)cc4)c4cc(C(C)(C)C)cc2c43)cc1. The molecule has 4 aliphatic rings. The summed E-state index contributed by atoms with van der Waals surface area (Å²) in [6.07, 6.45) is 3.36. The Balaban J connectivity index is 1.29. The fourth-order valence-electron chi connectivity index (χ4n) is 11.8. The van der Waals surface area contributed by atoms with Crippen molar-refractivity contribution in [1.29, 1.82) is 5.26 Å². The molecule has 0 N–H and O–H groups in total. The van der Waals surface area contributed by atoms with Gasteiger partial charge in [-0.15, -0.1) is 0 Å². The van der Waals surface area contributed by atoms with Crippen LogP contribution in [0.5, 0.6) is 0 Å². The first-order chi connectivity index (χ1) is 30.4. The Labute approximate surface area is 390 Å². The van der Waals surface area contributed by atoms with Gasteiger partial charge >= 0.3 is 0 Å². The van der Waals surface area contributed by atoms with Crippen LogP contribution in [-0.4, -0.2) is 12.3 Å². The maximum Gasteiger partial charge on any atom is 0.252 e. The van der Waals surface area contributed by atoms with Gasteiger partial charge in [-0.3, -0.25) is 0 Å². The molecule has 1 aliphatic carbocycles. The molecular formula is C60H67BN4. The standard InChI is InChI=1S/C60H67BN4/c1-55(2,3)39-17-22-43(23-18-39)63-50-29-21-41(57(7,8)9)33-48(50)61-47-27-26-45(65-49-28-16-38(37-62)32-46(49)59(13)30-15-31-60(59,65)14)36-51(47)64(44-24-19-40(20-25-44)56(4,5)6)53-35-42(58(10,11)12)34-52(63)54(53)61/h16-29,32-36H,15,30-31H2,1-14H3. The number of rotatable bonds is 3. The number of anilines is 8. The first-order valence-electron chi connectivity index (χ1n) is 24.1. The van der Waals surface area contributed by atoms with Gasteiger partial charge in [0, 0.05) is 50.9 Å². The van der Waals surface area contributed by atoms with Gasteiger partial charge in [-0.25, -0.2) is 0 Å². The Kier molecular flexibility index (Phi) is 9.39. The molecule has 5 heteroatoms. The molecule has 2 atom stereocenters. The van der Waals surface area contributed by atoms with E-state index in [1.165, 1.54) is 84.0 Å². The number of fused-ring (bicyclic) bond motifs is 7. The minimum Gasteiger partial charge on any atom is -0.334 e. The van der Waals surface area contributed by atoms with E-state index >= 15 is 0 Å². The van der Waals surface area contributed by atoms with E-state index in [-0.39, 0.29) is 39.3 Å². The van der Waals surface area contributed by atoms with E-state index in [9.17, 15) is 5.26 Å². The first kappa shape index (κ1) is 43.2. The van der Waals surface area contributed by atoms with Gasteiger partial charge in [-0.05, 0) is 158 Å². The van der Waals surface area contributed by atoms with Gasteiger partial charge in [0.2, 0.25) is 0 Å². The first-order valence-corrected chi connectivity index (χ1v) is 24.1. The Morgan fingerprint density at radius 3 is 1.52 bits per heavy atom. The van der Waals surface area contributed by atoms with Gasteiger partial charge in [0.15, 0.2) is 0 Å². The van der Waals surface area contributed by atoms with Crippen molar-refractivity contribution in [3.8, 4) is 6.07 Å². The van der Waals surface area contributed by atoms with Crippen LogP contribution in [0, 0.1) is 11.3 Å². The molecule has 0 aromatic heterocycles. The van der Waals surface area contributed by atoms with Gasteiger partial charge in [0.05, 0.1) is 17.2 Å². The summed E-state index contributed by atoms with van der Waals surface area (Å²) >= 11 is 0. The molecular weight excluding hydrogens is 787 g/mol. The quantitative estimate of drug-likeness (QED) is 0.166. The zero-order chi connectivity index (χ0) is 46.4. The zero-order valence-electron chi connectivity index (χ0n) is 41.5. The van der Waals surface area contributed by atoms with Crippen LogP contribution in [0.3, 0.4) is 0 Å². The lowest BCUT2D eigenvalue weighted by atomic mass is 9.33. The lowest BCUT2D eigenvalue weighted by molar-refractivity contribution is 0.330. The van der Waals surface area contributed by atoms with Crippen molar-refractivity contribution >= 4 is 68.6 Å². The molecule has 6 aromatic carbocycles. The van der Waals surface area contributed by atoms with Crippen molar-refractivity contribution in [2.24, 2.45) is 0 Å². The molecule has 3 heterocycles. The van der Waals surface area contributed by atoms with Crippen LogP contribution in [0.25, 0.3) is 0 Å². The Morgan fingerprint density at radius 1 is 0.477 bits per heavy atom. The molecule has 10 rings (SSSR count). The average Bonchev–Trinajstić information content (AvgIpc) is 3.65. The highest BCUT2D eigenvalue weighted by molar-refractivity contribution is 7.00. The Morgan fingerprint density at radius 2 is 0.985 bits per heavy atom. The van der Waals surface area contributed by atoms with E-state index in [2.05, 4.69) is 227 Å². The molecule has 2 unspecified atom stereocenters. The molecule has 65 heavy (non-hydrogen) atoms. The monoisotopic (exact) mass is 855 g/mol. The summed E-state index contributed by atoms with van der Waals surface area (Å²) in [5.74, 6) is 0. The van der Waals surface area contributed by atoms with Crippen molar-refractivity contribution in [3.05, 3.63) is 149 Å². The normalized spacial score (nSPS) is 20.0. The topological polar surface area (TPSA) is 33.5 Å². The summed E-state index contributed by atoms with van der Waals surface area (Å²) < 4.78 is 0. The minimum atomic E-state index is -0.141. The predicted octanol–water partition coefficient (Wildman–Crippen LogP) is 14.2. The summed E-state index contributed by atoms with van der Waals surface area (Å²) in [4.78, 5) is 7.82. The molecule has 3 aliphatic heterocycles. The van der Waals surface area contributed by atoms with E-state index in [0.717, 1.165) is 30.5 Å². The molecule has 0 amide bonds. The van der Waals surface area contributed by atoms with E-state index in [1.54, 1.807) is 0 Å². The highest BCUT2D eigenvalue weighted by atomic mass is 15.3. The van der Waals surface area contributed by atoms with Crippen LogP contribution in [-0.2, 0) is 27.1 Å². The summed E-state index contributed by atoms with van der Waals surface area (Å²) in [6, 6.07) is 47.3. The molecule has 0 radical (unpaired) electrons. The highest BCUT2D eigenvalue weighted by Crippen LogP contribution is 2.62. The van der Waals surface area contributed by atoms with E-state index in [4.69, 9.17) is 0 Å². The molecule has 1 fully saturated rings. The number of hydrogen-bond acceptors (Lipinski definition) is 4. The number of hydrogen-bond donors (Lipinski definition) is 0. The van der Waals surface area contributed by atoms with Crippen LogP contribution in [0.15, 0.2) is 115 Å². The van der Waals surface area contributed by atoms with Crippen molar-refractivity contribution in [2.75, 3.05) is 14.7 Å². The summed E-state index contributed by atoms with van der Waals surface area (Å²) in [5.41, 5.74) is 20.8. The maximum atomic E-state index is 10.1. The third-order valence-electron chi connectivity index (χ3n) is 16.0. The second-order valence-electron chi connectivity index (χ2n) is 24.3. The molecule has 0 bridgehead atoms. The smallest absolute Gasteiger partial charge is 0.252 e. The second kappa shape index (κ2) is 14.1. The molecule has 4 nitrogen and oxygen atoms in total. The summed E-state index contributed by atoms with van der Waals surface area (Å²) in [6.45, 7) is 32.8. The molecule has 1 saturated carbocycles. The van der Waals surface area contributed by atoms with Crippen molar-refractivity contribution < 1.29 is 0 Å². The Bertz CT molecular complexity index is 2940. The van der Waals surface area contributed by atoms with Gasteiger partial charge in [0.25, 0.3) is 6.71 Å². The van der Waals surface area contributed by atoms with Crippen molar-refractivity contribution in [3.63, 3.8) is 0 Å². The number of nitrogens with zero attached hydrogens (tertiary/aromatic N) is 4. The second-order valence-corrected chi connectivity index (χ2v) is 24.3. The maximum absolute atomic E-state index is 10.1. The fourth-order valence-corrected chi connectivity index (χ4v) is 11.8. The average molecular weight is 855 g/mol. The zero-order valence-corrected chi connectivity index (χ0v) is 41.5. The van der Waals surface area contributed by atoms with Crippen LogP contribution in [0.2, 0.25) is 0 Å².